The number of fused-ring (bicyclic) bond motifs is 2. The SMILES string of the molecule is CCCCOc1nc(N)c2[nH]c(=O)n(Cc3ccc4c(c3)nnn4CCNCc3ccncc3)c2n1. The van der Waals surface area contributed by atoms with Gasteiger partial charge in [0.1, 0.15) is 11.0 Å². The normalized spacial score (nSPS) is 11.5. The summed E-state index contributed by atoms with van der Waals surface area (Å²) in [7, 11) is 0. The van der Waals surface area contributed by atoms with Crippen molar-refractivity contribution < 1.29 is 4.74 Å². The Balaban J connectivity index is 1.30. The lowest BCUT2D eigenvalue weighted by Gasteiger charge is -2.07. The molecular formula is C24H28N10O2. The second kappa shape index (κ2) is 10.5. The number of rotatable bonds is 11. The minimum absolute atomic E-state index is 0.164. The van der Waals surface area contributed by atoms with Crippen LogP contribution in [0.5, 0.6) is 6.01 Å². The first-order valence-corrected chi connectivity index (χ1v) is 11.9. The Morgan fingerprint density at radius 1 is 1.14 bits per heavy atom. The molecule has 0 fully saturated rings. The smallest absolute Gasteiger partial charge is 0.328 e. The lowest BCUT2D eigenvalue weighted by atomic mass is 10.2. The van der Waals surface area contributed by atoms with Crippen LogP contribution in [0.3, 0.4) is 0 Å². The molecule has 36 heavy (non-hydrogen) atoms. The zero-order valence-electron chi connectivity index (χ0n) is 20.0. The summed E-state index contributed by atoms with van der Waals surface area (Å²) in [4.78, 5) is 28.1. The number of ether oxygens (including phenoxy) is 1. The van der Waals surface area contributed by atoms with Crippen LogP contribution in [0.2, 0.25) is 0 Å². The monoisotopic (exact) mass is 488 g/mol. The van der Waals surface area contributed by atoms with Gasteiger partial charge in [-0.05, 0) is 41.8 Å². The number of nitrogens with two attached hydrogens (primary N) is 1. The lowest BCUT2D eigenvalue weighted by molar-refractivity contribution is 0.286. The Kier molecular flexibility index (Phi) is 6.85. The average molecular weight is 489 g/mol. The Morgan fingerprint density at radius 3 is 2.83 bits per heavy atom. The maximum atomic E-state index is 12.7. The van der Waals surface area contributed by atoms with Gasteiger partial charge in [-0.3, -0.25) is 9.55 Å². The number of nitrogens with one attached hydrogen (secondary N) is 2. The standard InChI is InChI=1S/C24H28N10O2/c1-2-3-12-36-23-29-21(25)20-22(30-23)33(24(35)28-20)15-17-4-5-19-18(13-17)31-32-34(19)11-10-27-14-16-6-8-26-9-7-16/h4-9,13,27H,2-3,10-12,14-15H2,1H3,(H,28,35)(H2,25,29,30). The first-order valence-electron chi connectivity index (χ1n) is 11.9. The van der Waals surface area contributed by atoms with Crippen molar-refractivity contribution in [2.45, 2.75) is 39.4 Å². The Labute approximate surface area is 206 Å². The summed E-state index contributed by atoms with van der Waals surface area (Å²) in [5.74, 6) is 0.179. The fourth-order valence-electron chi connectivity index (χ4n) is 3.93. The zero-order valence-corrected chi connectivity index (χ0v) is 20.0. The van der Waals surface area contributed by atoms with Gasteiger partial charge in [-0.25, -0.2) is 9.48 Å². The van der Waals surface area contributed by atoms with E-state index in [0.29, 0.717) is 30.9 Å². The van der Waals surface area contributed by atoms with E-state index in [1.807, 2.05) is 35.0 Å². The highest BCUT2D eigenvalue weighted by atomic mass is 16.5. The van der Waals surface area contributed by atoms with E-state index >= 15 is 0 Å². The fourth-order valence-corrected chi connectivity index (χ4v) is 3.93. The van der Waals surface area contributed by atoms with E-state index in [1.54, 1.807) is 12.4 Å². The molecule has 0 saturated carbocycles. The number of hydrogen-bond donors (Lipinski definition) is 3. The predicted molar refractivity (Wildman–Crippen MR) is 136 cm³/mol. The molecule has 186 valence electrons. The molecule has 0 unspecified atom stereocenters. The number of nitrogens with zero attached hydrogens (tertiary/aromatic N) is 7. The molecule has 0 aliphatic heterocycles. The van der Waals surface area contributed by atoms with E-state index < -0.39 is 0 Å². The van der Waals surface area contributed by atoms with Gasteiger partial charge in [-0.2, -0.15) is 9.97 Å². The van der Waals surface area contributed by atoms with Crippen LogP contribution in [0.25, 0.3) is 22.2 Å². The molecule has 0 atom stereocenters. The molecule has 12 nitrogen and oxygen atoms in total. The molecule has 4 heterocycles. The molecule has 0 aliphatic rings. The number of benzene rings is 1. The Hall–Kier alpha value is -4.32. The van der Waals surface area contributed by atoms with Crippen LogP contribution < -0.4 is 21.5 Å². The lowest BCUT2D eigenvalue weighted by Crippen LogP contribution is -2.20. The highest BCUT2D eigenvalue weighted by Crippen LogP contribution is 2.20. The third kappa shape index (κ3) is 5.03. The minimum Gasteiger partial charge on any atom is -0.463 e. The van der Waals surface area contributed by atoms with Crippen LogP contribution in [0.4, 0.5) is 5.82 Å². The molecule has 0 bridgehead atoms. The van der Waals surface area contributed by atoms with Gasteiger partial charge in [0.25, 0.3) is 0 Å². The number of unbranched alkanes of at least 4 members (excludes halogenated alkanes) is 1. The molecule has 12 heteroatoms. The quantitative estimate of drug-likeness (QED) is 0.236. The average Bonchev–Trinajstić information content (AvgIpc) is 3.43. The molecule has 5 rings (SSSR count). The van der Waals surface area contributed by atoms with Crippen molar-refractivity contribution in [1.29, 1.82) is 0 Å². The van der Waals surface area contributed by atoms with Gasteiger partial charge in [0.15, 0.2) is 11.5 Å². The van der Waals surface area contributed by atoms with E-state index in [-0.39, 0.29) is 17.5 Å². The van der Waals surface area contributed by atoms with Crippen molar-refractivity contribution in [2.75, 3.05) is 18.9 Å². The van der Waals surface area contributed by atoms with Crippen LogP contribution in [0.15, 0.2) is 47.5 Å². The van der Waals surface area contributed by atoms with E-state index in [2.05, 4.69) is 42.5 Å². The fraction of sp³-hybridized carbons (Fsp3) is 0.333. The minimum atomic E-state index is -0.319. The van der Waals surface area contributed by atoms with Gasteiger partial charge in [0, 0.05) is 25.5 Å². The molecule has 5 aromatic rings. The summed E-state index contributed by atoms with van der Waals surface area (Å²) in [6.07, 6.45) is 5.43. The number of hydrogen-bond acceptors (Lipinski definition) is 9. The molecule has 4 aromatic heterocycles. The summed E-state index contributed by atoms with van der Waals surface area (Å²) in [5, 5.41) is 12.0. The third-order valence-corrected chi connectivity index (χ3v) is 5.86. The summed E-state index contributed by atoms with van der Waals surface area (Å²) in [6.45, 7) is 5.04. The summed E-state index contributed by atoms with van der Waals surface area (Å²) < 4.78 is 9.00. The first-order chi connectivity index (χ1) is 17.6. The molecule has 1 aromatic carbocycles. The maximum absolute atomic E-state index is 12.7. The first kappa shape index (κ1) is 23.4. The molecule has 0 radical (unpaired) electrons. The maximum Gasteiger partial charge on any atom is 0.328 e. The van der Waals surface area contributed by atoms with E-state index in [0.717, 1.165) is 42.5 Å². The van der Waals surface area contributed by atoms with Crippen molar-refractivity contribution in [3.8, 4) is 6.01 Å². The van der Waals surface area contributed by atoms with Crippen molar-refractivity contribution in [1.82, 2.24) is 44.8 Å². The Morgan fingerprint density at radius 2 is 2.00 bits per heavy atom. The largest absolute Gasteiger partial charge is 0.463 e. The number of aromatic amines is 1. The van der Waals surface area contributed by atoms with Crippen molar-refractivity contribution in [2.24, 2.45) is 0 Å². The topological polar surface area (TPSA) is 154 Å². The highest BCUT2D eigenvalue weighted by Gasteiger charge is 2.15. The summed E-state index contributed by atoms with van der Waals surface area (Å²) >= 11 is 0. The number of anilines is 1. The van der Waals surface area contributed by atoms with Crippen LogP contribution in [-0.4, -0.2) is 52.6 Å². The van der Waals surface area contributed by atoms with Gasteiger partial charge < -0.3 is 20.8 Å². The van der Waals surface area contributed by atoms with Crippen molar-refractivity contribution >= 4 is 28.0 Å². The van der Waals surface area contributed by atoms with Gasteiger partial charge in [-0.15, -0.1) is 5.10 Å². The van der Waals surface area contributed by atoms with Crippen LogP contribution >= 0.6 is 0 Å². The highest BCUT2D eigenvalue weighted by molar-refractivity contribution is 5.82. The van der Waals surface area contributed by atoms with Crippen molar-refractivity contribution in [3.05, 3.63) is 64.3 Å². The van der Waals surface area contributed by atoms with Crippen molar-refractivity contribution in [3.63, 3.8) is 0 Å². The second-order valence-electron chi connectivity index (χ2n) is 8.48. The van der Waals surface area contributed by atoms with Gasteiger partial charge >= 0.3 is 11.7 Å². The molecule has 0 aliphatic carbocycles. The molecule has 0 saturated heterocycles. The van der Waals surface area contributed by atoms with Crippen LogP contribution in [0.1, 0.15) is 30.9 Å². The molecule has 4 N–H and O–H groups in total. The van der Waals surface area contributed by atoms with E-state index in [9.17, 15) is 4.79 Å². The van der Waals surface area contributed by atoms with Gasteiger partial charge in [0.2, 0.25) is 0 Å². The number of pyridine rings is 1. The molecular weight excluding hydrogens is 460 g/mol. The van der Waals surface area contributed by atoms with Crippen LogP contribution in [0, 0.1) is 0 Å². The number of H-pyrrole nitrogens is 1. The molecule has 0 spiro atoms. The van der Waals surface area contributed by atoms with E-state index in [1.165, 1.54) is 10.1 Å². The number of imidazole rings is 1. The Bertz CT molecular complexity index is 1520. The zero-order chi connectivity index (χ0) is 24.9. The van der Waals surface area contributed by atoms with E-state index in [4.69, 9.17) is 10.5 Å². The molecule has 0 amide bonds. The second-order valence-corrected chi connectivity index (χ2v) is 8.48. The van der Waals surface area contributed by atoms with Crippen LogP contribution in [-0.2, 0) is 19.6 Å². The summed E-state index contributed by atoms with van der Waals surface area (Å²) in [6, 6.07) is 9.99. The third-order valence-electron chi connectivity index (χ3n) is 5.86. The summed E-state index contributed by atoms with van der Waals surface area (Å²) in [5.41, 5.74) is 10.3. The van der Waals surface area contributed by atoms with Gasteiger partial charge in [0.05, 0.1) is 25.2 Å². The number of nitrogen functional groups attached to an aromatic ring is 1. The number of aromatic nitrogens is 8. The van der Waals surface area contributed by atoms with Gasteiger partial charge in [-0.1, -0.05) is 24.6 Å². The predicted octanol–water partition coefficient (Wildman–Crippen LogP) is 1.86.